The molecule has 2 aliphatic rings. The van der Waals surface area contributed by atoms with Gasteiger partial charge in [-0.1, -0.05) is 121 Å². The number of hydrogen-bond acceptors (Lipinski definition) is 2. The van der Waals surface area contributed by atoms with Gasteiger partial charge in [0.1, 0.15) is 0 Å². The second kappa shape index (κ2) is 10.1. The molecule has 2 saturated heterocycles. The van der Waals surface area contributed by atoms with Gasteiger partial charge in [-0.3, -0.25) is 0 Å². The van der Waals surface area contributed by atoms with Crippen molar-refractivity contribution in [3.63, 3.8) is 0 Å². The summed E-state index contributed by atoms with van der Waals surface area (Å²) in [6.07, 6.45) is 0.267. The van der Waals surface area contributed by atoms with Crippen molar-refractivity contribution in [2.45, 2.75) is 23.5 Å². The normalized spacial score (nSPS) is 23.9. The molecule has 6 rings (SSSR count). The zero-order valence-corrected chi connectivity index (χ0v) is 20.8. The van der Waals surface area contributed by atoms with Crippen LogP contribution in [0.5, 0.6) is 0 Å². The van der Waals surface area contributed by atoms with E-state index < -0.39 is 15.8 Å². The Bertz CT molecular complexity index is 1010. The molecular weight excluding hydrogens is 454 g/mol. The minimum atomic E-state index is -0.573. The highest BCUT2D eigenvalue weighted by molar-refractivity contribution is 7.74. The highest BCUT2D eigenvalue weighted by atomic mass is 31.1. The van der Waals surface area contributed by atoms with Crippen molar-refractivity contribution >= 4 is 37.1 Å². The predicted octanol–water partition coefficient (Wildman–Crippen LogP) is 4.79. The highest BCUT2D eigenvalue weighted by Gasteiger charge is 2.52. The summed E-state index contributed by atoms with van der Waals surface area (Å²) in [5.74, 6) is 0. The van der Waals surface area contributed by atoms with E-state index in [1.54, 1.807) is 0 Å². The van der Waals surface area contributed by atoms with Crippen LogP contribution >= 0.6 is 15.8 Å². The van der Waals surface area contributed by atoms with Crippen LogP contribution in [-0.2, 0) is 9.47 Å². The highest BCUT2D eigenvalue weighted by Crippen LogP contribution is 2.53. The summed E-state index contributed by atoms with van der Waals surface area (Å²) in [5, 5.41) is 5.61. The lowest BCUT2D eigenvalue weighted by Crippen LogP contribution is -2.35. The molecule has 0 aromatic heterocycles. The zero-order valence-electron chi connectivity index (χ0n) is 19.0. The Kier molecular flexibility index (Phi) is 6.58. The maximum absolute atomic E-state index is 6.66. The van der Waals surface area contributed by atoms with Crippen LogP contribution in [0.4, 0.5) is 0 Å². The first kappa shape index (κ1) is 22.1. The van der Waals surface area contributed by atoms with Crippen molar-refractivity contribution in [3.05, 3.63) is 121 Å². The van der Waals surface area contributed by atoms with E-state index >= 15 is 0 Å². The monoisotopic (exact) mass is 482 g/mol. The molecule has 4 aromatic carbocycles. The third-order valence-corrected chi connectivity index (χ3v) is 12.4. The summed E-state index contributed by atoms with van der Waals surface area (Å²) in [7, 11) is -1.15. The van der Waals surface area contributed by atoms with Gasteiger partial charge in [0.2, 0.25) is 0 Å². The van der Waals surface area contributed by atoms with Crippen molar-refractivity contribution < 1.29 is 9.47 Å². The first-order valence-electron chi connectivity index (χ1n) is 11.9. The molecule has 0 radical (unpaired) electrons. The number of hydrogen-bond donors (Lipinski definition) is 0. The third-order valence-electron chi connectivity index (χ3n) is 6.80. The van der Waals surface area contributed by atoms with E-state index in [1.165, 1.54) is 21.2 Å². The standard InChI is InChI=1S/C30H28O2P2/c1-5-13-23(14-6-1)33(24-15-7-2-8-16-24)27-21-31-30-28(22-32-29(27)30)34(25-17-9-3-10-18-25)26-19-11-4-12-20-26/h1-20,27-30H,21-22H2/t27-,28+,29-,30+. The fourth-order valence-corrected chi connectivity index (χ4v) is 11.0. The lowest BCUT2D eigenvalue weighted by Gasteiger charge is -2.28. The molecule has 170 valence electrons. The van der Waals surface area contributed by atoms with E-state index in [-0.39, 0.29) is 12.2 Å². The summed E-state index contributed by atoms with van der Waals surface area (Å²) in [4.78, 5) is 0. The number of rotatable bonds is 6. The quantitative estimate of drug-likeness (QED) is 0.368. The Morgan fingerprint density at radius 1 is 0.412 bits per heavy atom. The summed E-state index contributed by atoms with van der Waals surface area (Å²) in [5.41, 5.74) is 0.719. The topological polar surface area (TPSA) is 18.5 Å². The van der Waals surface area contributed by atoms with Gasteiger partial charge in [-0.25, -0.2) is 0 Å². The second-order valence-corrected chi connectivity index (χ2v) is 13.7. The van der Waals surface area contributed by atoms with Crippen LogP contribution in [0.15, 0.2) is 121 Å². The van der Waals surface area contributed by atoms with Gasteiger partial charge in [0, 0.05) is 11.3 Å². The Balaban J connectivity index is 1.35. The molecule has 4 atom stereocenters. The SMILES string of the molecule is c1ccc(P(c2ccccc2)[C@@H]2CO[C@@H]3[C@@H]2OC[C@@H]3P(c2ccccc2)c2ccccc2)cc1. The second-order valence-electron chi connectivity index (χ2n) is 8.81. The lowest BCUT2D eigenvalue weighted by atomic mass is 10.2. The van der Waals surface area contributed by atoms with Crippen LogP contribution in [0.3, 0.4) is 0 Å². The predicted molar refractivity (Wildman–Crippen MR) is 145 cm³/mol. The Hall–Kier alpha value is -2.34. The van der Waals surface area contributed by atoms with E-state index in [1.807, 2.05) is 0 Å². The molecule has 0 unspecified atom stereocenters. The van der Waals surface area contributed by atoms with Crippen LogP contribution in [0, 0.1) is 0 Å². The molecule has 0 amide bonds. The summed E-state index contributed by atoms with van der Waals surface area (Å²) >= 11 is 0. The summed E-state index contributed by atoms with van der Waals surface area (Å²) in [6.45, 7) is 1.52. The van der Waals surface area contributed by atoms with E-state index in [4.69, 9.17) is 9.47 Å². The van der Waals surface area contributed by atoms with Crippen LogP contribution in [0.25, 0.3) is 0 Å². The van der Waals surface area contributed by atoms with Crippen molar-refractivity contribution in [3.8, 4) is 0 Å². The van der Waals surface area contributed by atoms with Crippen molar-refractivity contribution in [1.29, 1.82) is 0 Å². The van der Waals surface area contributed by atoms with Crippen molar-refractivity contribution in [1.82, 2.24) is 0 Å². The largest absolute Gasteiger partial charge is 0.374 e. The molecule has 2 aliphatic heterocycles. The molecule has 34 heavy (non-hydrogen) atoms. The molecule has 2 nitrogen and oxygen atoms in total. The van der Waals surface area contributed by atoms with Gasteiger partial charge in [0.05, 0.1) is 25.4 Å². The molecular formula is C30H28O2P2. The van der Waals surface area contributed by atoms with Crippen LogP contribution in [0.1, 0.15) is 0 Å². The number of ether oxygens (including phenoxy) is 2. The third kappa shape index (κ3) is 4.26. The van der Waals surface area contributed by atoms with E-state index in [0.29, 0.717) is 11.3 Å². The number of benzene rings is 4. The molecule has 4 heteroatoms. The molecule has 0 N–H and O–H groups in total. The molecule has 0 bridgehead atoms. The molecule has 2 fully saturated rings. The van der Waals surface area contributed by atoms with Crippen molar-refractivity contribution in [2.75, 3.05) is 13.2 Å². The minimum absolute atomic E-state index is 0.133. The maximum atomic E-state index is 6.66. The maximum Gasteiger partial charge on any atom is 0.0939 e. The van der Waals surface area contributed by atoms with Crippen molar-refractivity contribution in [2.24, 2.45) is 0 Å². The fraction of sp³-hybridized carbons (Fsp3) is 0.200. The van der Waals surface area contributed by atoms with Crippen LogP contribution < -0.4 is 21.2 Å². The van der Waals surface area contributed by atoms with Gasteiger partial charge in [0.25, 0.3) is 0 Å². The molecule has 0 aliphatic carbocycles. The molecule has 2 heterocycles. The van der Waals surface area contributed by atoms with Gasteiger partial charge in [-0.05, 0) is 37.1 Å². The minimum Gasteiger partial charge on any atom is -0.374 e. The van der Waals surface area contributed by atoms with Gasteiger partial charge >= 0.3 is 0 Å². The summed E-state index contributed by atoms with van der Waals surface area (Å²) in [6, 6.07) is 43.9. The zero-order chi connectivity index (χ0) is 22.7. The summed E-state index contributed by atoms with van der Waals surface area (Å²) < 4.78 is 13.3. The van der Waals surface area contributed by atoms with Gasteiger partial charge < -0.3 is 9.47 Å². The van der Waals surface area contributed by atoms with Crippen LogP contribution in [-0.4, -0.2) is 36.7 Å². The Labute approximate surface area is 204 Å². The Morgan fingerprint density at radius 2 is 0.676 bits per heavy atom. The average Bonchev–Trinajstić information content (AvgIpc) is 3.51. The van der Waals surface area contributed by atoms with Gasteiger partial charge in [-0.15, -0.1) is 0 Å². The molecule has 0 spiro atoms. The smallest absolute Gasteiger partial charge is 0.0939 e. The van der Waals surface area contributed by atoms with E-state index in [2.05, 4.69) is 121 Å². The Morgan fingerprint density at radius 3 is 0.941 bits per heavy atom. The first-order valence-corrected chi connectivity index (χ1v) is 14.7. The lowest BCUT2D eigenvalue weighted by molar-refractivity contribution is 0.0742. The molecule has 4 aromatic rings. The first-order chi connectivity index (χ1) is 16.9. The van der Waals surface area contributed by atoms with Gasteiger partial charge in [0.15, 0.2) is 0 Å². The van der Waals surface area contributed by atoms with Gasteiger partial charge in [-0.2, -0.15) is 0 Å². The fourth-order valence-electron chi connectivity index (χ4n) is 5.32. The average molecular weight is 483 g/mol. The number of fused-ring (bicyclic) bond motifs is 1. The molecule has 0 saturated carbocycles. The van der Waals surface area contributed by atoms with E-state index in [0.717, 1.165) is 13.2 Å². The van der Waals surface area contributed by atoms with E-state index in [9.17, 15) is 0 Å². The van der Waals surface area contributed by atoms with Crippen LogP contribution in [0.2, 0.25) is 0 Å².